The Balaban J connectivity index is 1.71. The molecule has 0 aliphatic heterocycles. The number of hydrogen-bond acceptors (Lipinski definition) is 9. The van der Waals surface area contributed by atoms with Crippen LogP contribution in [0.4, 0.5) is 5.00 Å². The second kappa shape index (κ2) is 12.4. The molecule has 1 aromatic carbocycles. The molecule has 0 unspecified atom stereocenters. The number of thioether (sulfide) groups is 1. The first-order valence-electron chi connectivity index (χ1n) is 11.0. The van der Waals surface area contributed by atoms with Gasteiger partial charge in [0.1, 0.15) is 17.4 Å². The predicted molar refractivity (Wildman–Crippen MR) is 139 cm³/mol. The van der Waals surface area contributed by atoms with E-state index in [1.165, 1.54) is 11.8 Å². The normalized spacial score (nSPS) is 10.6. The van der Waals surface area contributed by atoms with E-state index in [1.807, 2.05) is 35.8 Å². The van der Waals surface area contributed by atoms with Gasteiger partial charge >= 0.3 is 5.97 Å². The van der Waals surface area contributed by atoms with E-state index in [1.54, 1.807) is 19.9 Å². The van der Waals surface area contributed by atoms with E-state index in [0.29, 0.717) is 23.1 Å². The Morgan fingerprint density at radius 2 is 2.00 bits per heavy atom. The van der Waals surface area contributed by atoms with Crippen molar-refractivity contribution in [1.82, 2.24) is 14.8 Å². The quantitative estimate of drug-likeness (QED) is 0.206. The number of nitrogens with two attached hydrogens (primary N) is 1. The van der Waals surface area contributed by atoms with E-state index in [4.69, 9.17) is 15.2 Å². The van der Waals surface area contributed by atoms with Gasteiger partial charge < -0.3 is 20.5 Å². The zero-order chi connectivity index (χ0) is 26.2. The number of nitrogens with zero attached hydrogens (tertiary/aromatic N) is 3. The van der Waals surface area contributed by atoms with Crippen molar-refractivity contribution >= 4 is 45.9 Å². The minimum Gasteiger partial charge on any atom is -0.485 e. The summed E-state index contributed by atoms with van der Waals surface area (Å²) in [6, 6.07) is 7.66. The van der Waals surface area contributed by atoms with Crippen LogP contribution in [0.5, 0.6) is 5.75 Å². The monoisotopic (exact) mass is 529 g/mol. The lowest BCUT2D eigenvalue weighted by molar-refractivity contribution is -0.113. The van der Waals surface area contributed by atoms with E-state index in [0.717, 1.165) is 22.6 Å². The summed E-state index contributed by atoms with van der Waals surface area (Å²) < 4.78 is 12.8. The Kier molecular flexibility index (Phi) is 9.25. The molecule has 3 N–H and O–H groups in total. The van der Waals surface area contributed by atoms with Crippen molar-refractivity contribution in [2.45, 2.75) is 39.1 Å². The van der Waals surface area contributed by atoms with Gasteiger partial charge in [-0.15, -0.1) is 28.1 Å². The minimum atomic E-state index is -0.684. The number of amides is 2. The van der Waals surface area contributed by atoms with Crippen LogP contribution in [0.25, 0.3) is 0 Å². The maximum absolute atomic E-state index is 12.7. The van der Waals surface area contributed by atoms with Crippen LogP contribution in [0.1, 0.15) is 43.9 Å². The number of benzene rings is 1. The lowest BCUT2D eigenvalue weighted by Crippen LogP contribution is -2.17. The van der Waals surface area contributed by atoms with Gasteiger partial charge in [0.2, 0.25) is 5.91 Å². The molecule has 2 amide bonds. The highest BCUT2D eigenvalue weighted by atomic mass is 32.2. The molecular weight excluding hydrogens is 502 g/mol. The summed E-state index contributed by atoms with van der Waals surface area (Å²) in [6.45, 7) is 9.78. The highest BCUT2D eigenvalue weighted by Crippen LogP contribution is 2.34. The van der Waals surface area contributed by atoms with Crippen molar-refractivity contribution in [3.8, 4) is 5.75 Å². The number of anilines is 1. The van der Waals surface area contributed by atoms with Gasteiger partial charge in [-0.25, -0.2) is 4.79 Å². The summed E-state index contributed by atoms with van der Waals surface area (Å²) in [5.74, 6) is -0.391. The molecule has 3 rings (SSSR count). The summed E-state index contributed by atoms with van der Waals surface area (Å²) in [7, 11) is 0. The number of aromatic nitrogens is 3. The topological polar surface area (TPSA) is 138 Å². The average molecular weight is 530 g/mol. The van der Waals surface area contributed by atoms with Crippen LogP contribution in [0, 0.1) is 13.8 Å². The first-order chi connectivity index (χ1) is 17.3. The molecule has 0 aliphatic carbocycles. The van der Waals surface area contributed by atoms with Crippen molar-refractivity contribution in [2.24, 2.45) is 5.73 Å². The number of carbonyl (C=O) groups excluding carboxylic acids is 3. The number of hydrogen-bond donors (Lipinski definition) is 2. The molecule has 190 valence electrons. The number of primary amides is 1. The smallest absolute Gasteiger partial charge is 0.341 e. The van der Waals surface area contributed by atoms with Gasteiger partial charge in [-0.1, -0.05) is 36.0 Å². The average Bonchev–Trinajstić information content (AvgIpc) is 3.37. The minimum absolute atomic E-state index is 0.0148. The highest BCUT2D eigenvalue weighted by molar-refractivity contribution is 7.99. The van der Waals surface area contributed by atoms with E-state index in [2.05, 4.69) is 22.1 Å². The van der Waals surface area contributed by atoms with Crippen LogP contribution in [-0.2, 0) is 22.7 Å². The fourth-order valence-electron chi connectivity index (χ4n) is 3.28. The Hall–Kier alpha value is -3.64. The maximum atomic E-state index is 12.7. The summed E-state index contributed by atoms with van der Waals surface area (Å²) in [4.78, 5) is 37.1. The molecule has 0 fully saturated rings. The molecule has 0 bridgehead atoms. The molecule has 36 heavy (non-hydrogen) atoms. The Morgan fingerprint density at radius 3 is 2.67 bits per heavy atom. The third-order valence-electron chi connectivity index (χ3n) is 4.99. The molecule has 2 heterocycles. The second-order valence-corrected chi connectivity index (χ2v) is 9.50. The van der Waals surface area contributed by atoms with Crippen molar-refractivity contribution < 1.29 is 23.9 Å². The lowest BCUT2D eigenvalue weighted by Gasteiger charge is -2.10. The number of allylic oxidation sites excluding steroid dienone is 1. The Bertz CT molecular complexity index is 1280. The fourth-order valence-corrected chi connectivity index (χ4v) is 5.11. The molecular formula is C24H27N5O5S2. The van der Waals surface area contributed by atoms with Crippen molar-refractivity contribution in [3.05, 3.63) is 64.3 Å². The largest absolute Gasteiger partial charge is 0.485 e. The molecule has 0 radical (unpaired) electrons. The summed E-state index contributed by atoms with van der Waals surface area (Å²) in [6.07, 6.45) is 1.70. The molecule has 0 atom stereocenters. The predicted octanol–water partition coefficient (Wildman–Crippen LogP) is 3.73. The fraction of sp³-hybridized carbons (Fsp3) is 0.292. The van der Waals surface area contributed by atoms with Crippen LogP contribution < -0.4 is 15.8 Å². The van der Waals surface area contributed by atoms with Crippen LogP contribution in [0.2, 0.25) is 0 Å². The molecule has 0 spiro atoms. The van der Waals surface area contributed by atoms with Gasteiger partial charge in [-0.3, -0.25) is 14.2 Å². The first kappa shape index (κ1) is 27.0. The van der Waals surface area contributed by atoms with E-state index >= 15 is 0 Å². The van der Waals surface area contributed by atoms with E-state index < -0.39 is 17.8 Å². The van der Waals surface area contributed by atoms with Gasteiger partial charge in [0.05, 0.1) is 22.8 Å². The number of rotatable bonds is 12. The number of carbonyl (C=O) groups is 3. The SMILES string of the molecule is C=CCn1c(COc2ccccc2C)nnc1SCC(=O)Nc1sc(C(N)=O)c(C)c1C(=O)OCC. The Morgan fingerprint density at radius 1 is 1.25 bits per heavy atom. The van der Waals surface area contributed by atoms with E-state index in [9.17, 15) is 14.4 Å². The van der Waals surface area contributed by atoms with Gasteiger partial charge in [-0.05, 0) is 38.0 Å². The molecule has 0 saturated heterocycles. The number of nitrogens with one attached hydrogen (secondary N) is 1. The van der Waals surface area contributed by atoms with Crippen LogP contribution in [0.15, 0.2) is 42.1 Å². The number of thiophene rings is 1. The molecule has 12 heteroatoms. The third kappa shape index (κ3) is 6.32. The standard InChI is InChI=1S/C24H27N5O5S2/c1-5-11-29-17(12-34-16-10-8-7-9-14(16)3)27-28-24(29)35-13-18(30)26-22-19(23(32)33-6-2)15(4)20(36-22)21(25)31/h5,7-10H,1,6,11-13H2,2-4H3,(H2,25,31)(H,26,30). The number of esters is 1. The Labute approximate surface area is 216 Å². The van der Waals surface area contributed by atoms with Gasteiger partial charge in [0.15, 0.2) is 11.0 Å². The van der Waals surface area contributed by atoms with Gasteiger partial charge in [0, 0.05) is 6.54 Å². The first-order valence-corrected chi connectivity index (χ1v) is 12.8. The lowest BCUT2D eigenvalue weighted by atomic mass is 10.1. The van der Waals surface area contributed by atoms with Crippen molar-refractivity contribution in [1.29, 1.82) is 0 Å². The molecule has 0 aliphatic rings. The summed E-state index contributed by atoms with van der Waals surface area (Å²) >= 11 is 2.11. The van der Waals surface area contributed by atoms with Crippen molar-refractivity contribution in [2.75, 3.05) is 17.7 Å². The zero-order valence-electron chi connectivity index (χ0n) is 20.2. The molecule has 0 saturated carbocycles. The molecule has 3 aromatic rings. The molecule has 2 aromatic heterocycles. The van der Waals surface area contributed by atoms with Crippen LogP contribution >= 0.6 is 23.1 Å². The second-order valence-electron chi connectivity index (χ2n) is 7.53. The summed E-state index contributed by atoms with van der Waals surface area (Å²) in [5, 5.41) is 11.8. The van der Waals surface area contributed by atoms with E-state index in [-0.39, 0.29) is 34.4 Å². The third-order valence-corrected chi connectivity index (χ3v) is 7.18. The van der Waals surface area contributed by atoms with Crippen LogP contribution in [-0.4, -0.2) is 44.9 Å². The van der Waals surface area contributed by atoms with Crippen LogP contribution in [0.3, 0.4) is 0 Å². The maximum Gasteiger partial charge on any atom is 0.341 e. The van der Waals surface area contributed by atoms with Gasteiger partial charge in [-0.2, -0.15) is 0 Å². The number of aryl methyl sites for hydroxylation is 1. The molecule has 10 nitrogen and oxygen atoms in total. The summed E-state index contributed by atoms with van der Waals surface area (Å²) in [5.41, 5.74) is 6.92. The zero-order valence-corrected chi connectivity index (χ0v) is 21.8. The van der Waals surface area contributed by atoms with Crippen molar-refractivity contribution in [3.63, 3.8) is 0 Å². The number of para-hydroxylation sites is 1. The number of ether oxygens (including phenoxy) is 2. The van der Waals surface area contributed by atoms with Gasteiger partial charge in [0.25, 0.3) is 5.91 Å². The highest BCUT2D eigenvalue weighted by Gasteiger charge is 2.26.